The van der Waals surface area contributed by atoms with Crippen molar-refractivity contribution in [2.75, 3.05) is 13.1 Å². The number of aromatic nitrogens is 4. The molecule has 1 saturated heterocycles. The summed E-state index contributed by atoms with van der Waals surface area (Å²) in [5.74, 6) is -2.20. The quantitative estimate of drug-likeness (QED) is 0.255. The molecule has 2 aromatic carbocycles. The second-order valence-electron chi connectivity index (χ2n) is 10.7. The van der Waals surface area contributed by atoms with Crippen LogP contribution in [0.2, 0.25) is 0 Å². The third kappa shape index (κ3) is 7.72. The van der Waals surface area contributed by atoms with Gasteiger partial charge < -0.3 is 20.6 Å². The third-order valence-electron chi connectivity index (χ3n) is 7.36. The molecule has 13 heteroatoms. The molecule has 0 aliphatic carbocycles. The van der Waals surface area contributed by atoms with E-state index in [2.05, 4.69) is 31.3 Å². The normalized spacial score (nSPS) is 18.2. The second-order valence-corrected chi connectivity index (χ2v) is 10.7. The van der Waals surface area contributed by atoms with Crippen molar-refractivity contribution in [1.82, 2.24) is 36.2 Å². The fourth-order valence-electron chi connectivity index (χ4n) is 4.99. The van der Waals surface area contributed by atoms with Crippen molar-refractivity contribution < 1.29 is 28.3 Å². The van der Waals surface area contributed by atoms with Crippen LogP contribution in [-0.4, -0.2) is 86.1 Å². The molecular formula is C29H35F2N7O4. The van der Waals surface area contributed by atoms with E-state index >= 15 is 0 Å². The minimum absolute atomic E-state index is 0.153. The van der Waals surface area contributed by atoms with Crippen LogP contribution in [0.25, 0.3) is 11.4 Å². The van der Waals surface area contributed by atoms with Crippen LogP contribution in [0.1, 0.15) is 43.7 Å². The molecule has 4 rings (SSSR count). The maximum absolute atomic E-state index is 13.5. The van der Waals surface area contributed by atoms with Gasteiger partial charge in [0.05, 0.1) is 0 Å². The molecule has 42 heavy (non-hydrogen) atoms. The molecule has 0 radical (unpaired) electrons. The van der Waals surface area contributed by atoms with Gasteiger partial charge in [-0.3, -0.25) is 14.4 Å². The van der Waals surface area contributed by atoms with Gasteiger partial charge in [-0.1, -0.05) is 68.4 Å². The molecule has 4 atom stereocenters. The van der Waals surface area contributed by atoms with Gasteiger partial charge in [0.25, 0.3) is 5.91 Å². The highest BCUT2D eigenvalue weighted by molar-refractivity contribution is 5.93. The molecule has 0 spiro atoms. The Labute approximate surface area is 242 Å². The number of H-pyrrole nitrogens is 1. The zero-order valence-electron chi connectivity index (χ0n) is 23.4. The summed E-state index contributed by atoms with van der Waals surface area (Å²) in [7, 11) is 0. The summed E-state index contributed by atoms with van der Waals surface area (Å²) < 4.78 is 26.9. The fourth-order valence-corrected chi connectivity index (χ4v) is 4.99. The molecule has 4 N–H and O–H groups in total. The number of nitrogens with one attached hydrogen (secondary N) is 3. The molecule has 2 heterocycles. The maximum atomic E-state index is 13.5. The van der Waals surface area contributed by atoms with Crippen molar-refractivity contribution >= 4 is 17.7 Å². The van der Waals surface area contributed by atoms with E-state index < -0.39 is 48.8 Å². The van der Waals surface area contributed by atoms with E-state index in [0.717, 1.165) is 16.7 Å². The first-order valence-electron chi connectivity index (χ1n) is 13.9. The number of likely N-dealkylation sites (tertiary alicyclic amines) is 1. The van der Waals surface area contributed by atoms with Gasteiger partial charge >= 0.3 is 0 Å². The minimum Gasteiger partial charge on any atom is -0.383 e. The number of aliphatic hydroxyl groups excluding tert-OH is 1. The SMILES string of the molecule is CC(C)[C@H](O)C(=O)N1C[C@H](c2ccccc2)CC1C(=O)N[C@@H](CC(F)F)C(=O)NCCc1ccc(-c2nn[nH]n2)cc1. The predicted molar refractivity (Wildman–Crippen MR) is 149 cm³/mol. The molecule has 224 valence electrons. The first-order chi connectivity index (χ1) is 20.1. The van der Waals surface area contributed by atoms with Gasteiger partial charge in [0.2, 0.25) is 24.1 Å². The number of carbonyl (C=O) groups excluding carboxylic acids is 3. The van der Waals surface area contributed by atoms with Crippen LogP contribution in [-0.2, 0) is 20.8 Å². The van der Waals surface area contributed by atoms with Crippen LogP contribution in [0, 0.1) is 5.92 Å². The Morgan fingerprint density at radius 2 is 1.81 bits per heavy atom. The van der Waals surface area contributed by atoms with Crippen LogP contribution in [0.3, 0.4) is 0 Å². The van der Waals surface area contributed by atoms with Crippen molar-refractivity contribution in [1.29, 1.82) is 0 Å². The number of aromatic amines is 1. The van der Waals surface area contributed by atoms with Gasteiger partial charge in [-0.05, 0) is 35.1 Å². The van der Waals surface area contributed by atoms with E-state index in [1.807, 2.05) is 42.5 Å². The standard InChI is InChI=1S/C29H35F2N7O4/c1-17(2)25(39)29(42)38-16-21(19-6-4-3-5-7-19)14-23(38)28(41)33-22(15-24(30)31)27(40)32-13-12-18-8-10-20(11-9-18)26-34-36-37-35-26/h3-11,17,21-25,39H,12-16H2,1-2H3,(H,32,40)(H,33,41)(H,34,35,36,37)/t21-,22+,23?,25+/m1/s1. The van der Waals surface area contributed by atoms with E-state index in [1.54, 1.807) is 26.0 Å². The summed E-state index contributed by atoms with van der Waals surface area (Å²) >= 11 is 0. The van der Waals surface area contributed by atoms with Crippen molar-refractivity contribution in [3.63, 3.8) is 0 Å². The van der Waals surface area contributed by atoms with E-state index in [0.29, 0.717) is 12.2 Å². The first kappa shape index (κ1) is 30.7. The predicted octanol–water partition coefficient (Wildman–Crippen LogP) is 2.07. The number of hydrogen-bond acceptors (Lipinski definition) is 7. The van der Waals surface area contributed by atoms with Crippen molar-refractivity contribution in [2.45, 2.75) is 63.6 Å². The van der Waals surface area contributed by atoms with Crippen LogP contribution in [0.4, 0.5) is 8.78 Å². The van der Waals surface area contributed by atoms with Crippen molar-refractivity contribution in [2.24, 2.45) is 5.92 Å². The third-order valence-corrected chi connectivity index (χ3v) is 7.36. The van der Waals surface area contributed by atoms with Crippen molar-refractivity contribution in [3.05, 3.63) is 65.7 Å². The van der Waals surface area contributed by atoms with Crippen LogP contribution >= 0.6 is 0 Å². The van der Waals surface area contributed by atoms with Crippen LogP contribution in [0.15, 0.2) is 54.6 Å². The second kappa shape index (κ2) is 14.1. The molecule has 1 unspecified atom stereocenters. The minimum atomic E-state index is -2.85. The first-order valence-corrected chi connectivity index (χ1v) is 13.9. The van der Waals surface area contributed by atoms with E-state index in [-0.39, 0.29) is 31.3 Å². The lowest BCUT2D eigenvalue weighted by Crippen LogP contribution is -2.55. The van der Waals surface area contributed by atoms with E-state index in [4.69, 9.17) is 0 Å². The number of benzene rings is 2. The summed E-state index contributed by atoms with van der Waals surface area (Å²) in [5, 5.41) is 29.3. The Bertz CT molecular complexity index is 1320. The Kier molecular flexibility index (Phi) is 10.3. The van der Waals surface area contributed by atoms with Gasteiger partial charge in [0, 0.05) is 31.0 Å². The maximum Gasteiger partial charge on any atom is 0.252 e. The number of tetrazole rings is 1. The molecule has 1 fully saturated rings. The van der Waals surface area contributed by atoms with Gasteiger partial charge in [-0.25, -0.2) is 8.78 Å². The number of amides is 3. The number of hydrogen-bond donors (Lipinski definition) is 4. The highest BCUT2D eigenvalue weighted by Crippen LogP contribution is 2.33. The van der Waals surface area contributed by atoms with Crippen molar-refractivity contribution in [3.8, 4) is 11.4 Å². The zero-order chi connectivity index (χ0) is 30.2. The number of aliphatic hydroxyl groups is 1. The molecule has 3 aromatic rings. The van der Waals surface area contributed by atoms with E-state index in [9.17, 15) is 28.3 Å². The van der Waals surface area contributed by atoms with Gasteiger partial charge in [0.15, 0.2) is 0 Å². The van der Waals surface area contributed by atoms with Gasteiger partial charge in [-0.2, -0.15) is 5.21 Å². The molecule has 1 aromatic heterocycles. The Morgan fingerprint density at radius 3 is 2.43 bits per heavy atom. The molecule has 1 aliphatic heterocycles. The average molecular weight is 584 g/mol. The van der Waals surface area contributed by atoms with Crippen LogP contribution in [0.5, 0.6) is 0 Å². The molecule has 1 aliphatic rings. The molecule has 0 saturated carbocycles. The Hall–Kier alpha value is -4.26. The summed E-state index contributed by atoms with van der Waals surface area (Å²) in [6, 6.07) is 14.1. The highest BCUT2D eigenvalue weighted by Gasteiger charge is 2.43. The number of nitrogens with zero attached hydrogens (tertiary/aromatic N) is 4. The monoisotopic (exact) mass is 583 g/mol. The average Bonchev–Trinajstić information content (AvgIpc) is 3.68. The number of alkyl halides is 2. The summed E-state index contributed by atoms with van der Waals surface area (Å²) in [6.07, 6.45) is -4.40. The lowest BCUT2D eigenvalue weighted by molar-refractivity contribution is -0.147. The number of halogens is 2. The molecule has 0 bridgehead atoms. The van der Waals surface area contributed by atoms with E-state index in [1.165, 1.54) is 4.90 Å². The van der Waals surface area contributed by atoms with Gasteiger partial charge in [0.1, 0.15) is 18.2 Å². The lowest BCUT2D eigenvalue weighted by Gasteiger charge is -2.28. The Balaban J connectivity index is 1.40. The number of rotatable bonds is 12. The zero-order valence-corrected chi connectivity index (χ0v) is 23.4. The molecule has 11 nitrogen and oxygen atoms in total. The summed E-state index contributed by atoms with van der Waals surface area (Å²) in [5.41, 5.74) is 2.55. The smallest absolute Gasteiger partial charge is 0.252 e. The molecule has 3 amide bonds. The largest absolute Gasteiger partial charge is 0.383 e. The highest BCUT2D eigenvalue weighted by atomic mass is 19.3. The molecular weight excluding hydrogens is 548 g/mol. The topological polar surface area (TPSA) is 153 Å². The Morgan fingerprint density at radius 1 is 1.10 bits per heavy atom. The lowest BCUT2D eigenvalue weighted by atomic mass is 9.96. The van der Waals surface area contributed by atoms with Crippen LogP contribution < -0.4 is 10.6 Å². The summed E-state index contributed by atoms with van der Waals surface area (Å²) in [6.45, 7) is 3.71. The summed E-state index contributed by atoms with van der Waals surface area (Å²) in [4.78, 5) is 40.8. The van der Waals surface area contributed by atoms with Gasteiger partial charge in [-0.15, -0.1) is 10.2 Å². The fraction of sp³-hybridized carbons (Fsp3) is 0.448. The number of carbonyl (C=O) groups is 3.